The van der Waals surface area contributed by atoms with Gasteiger partial charge in [0.25, 0.3) is 0 Å². The largest absolute Gasteiger partial charge is 0.356 e. The van der Waals surface area contributed by atoms with E-state index in [9.17, 15) is 4.39 Å². The lowest BCUT2D eigenvalue weighted by molar-refractivity contribution is 0.410. The van der Waals surface area contributed by atoms with Crippen molar-refractivity contribution in [1.82, 2.24) is 0 Å². The number of allylic oxidation sites excluding steroid dienone is 3. The zero-order valence-corrected chi connectivity index (χ0v) is 9.68. The van der Waals surface area contributed by atoms with Crippen LogP contribution >= 0.6 is 0 Å². The highest BCUT2D eigenvalue weighted by Crippen LogP contribution is 2.30. The highest BCUT2D eigenvalue weighted by molar-refractivity contribution is 5.63. The van der Waals surface area contributed by atoms with E-state index in [-0.39, 0.29) is 0 Å². The van der Waals surface area contributed by atoms with Gasteiger partial charge < -0.3 is 5.32 Å². The Morgan fingerprint density at radius 1 is 1.50 bits per heavy atom. The summed E-state index contributed by atoms with van der Waals surface area (Å²) in [6, 6.07) is 6.17. The van der Waals surface area contributed by atoms with Crippen LogP contribution in [0.25, 0.3) is 0 Å². The summed E-state index contributed by atoms with van der Waals surface area (Å²) in [6.45, 7) is 7.35. The average molecular weight is 217 g/mol. The van der Waals surface area contributed by atoms with E-state index in [0.717, 1.165) is 17.7 Å². The molecule has 2 heteroatoms. The highest BCUT2D eigenvalue weighted by Gasteiger charge is 2.19. The molecule has 0 spiro atoms. The van der Waals surface area contributed by atoms with Crippen LogP contribution in [0.2, 0.25) is 0 Å². The molecule has 0 saturated carbocycles. The first kappa shape index (κ1) is 10.9. The first-order valence-electron chi connectivity index (χ1n) is 5.48. The molecule has 1 heterocycles. The summed E-state index contributed by atoms with van der Waals surface area (Å²) in [5, 5.41) is 3.16. The summed E-state index contributed by atoms with van der Waals surface area (Å²) < 4.78 is 13.4. The van der Waals surface area contributed by atoms with Crippen LogP contribution in [0.15, 0.2) is 42.1 Å². The first-order valence-corrected chi connectivity index (χ1v) is 5.48. The van der Waals surface area contributed by atoms with Crippen molar-refractivity contribution >= 4 is 5.69 Å². The van der Waals surface area contributed by atoms with Crippen LogP contribution in [-0.2, 0) is 6.42 Å². The fourth-order valence-corrected chi connectivity index (χ4v) is 2.05. The summed E-state index contributed by atoms with van der Waals surface area (Å²) in [7, 11) is 0. The standard InChI is InChI=1S/C14H16FN/c1-4-11-8-12-7-9(2)5-6-13(12)16-14(11)10(3)15/h4-7,10,16H,1,8H2,2-3H3. The van der Waals surface area contributed by atoms with Gasteiger partial charge in [0.1, 0.15) is 6.17 Å². The summed E-state index contributed by atoms with van der Waals surface area (Å²) in [4.78, 5) is 0. The smallest absolute Gasteiger partial charge is 0.137 e. The van der Waals surface area contributed by atoms with E-state index in [1.807, 2.05) is 12.1 Å². The maximum Gasteiger partial charge on any atom is 0.137 e. The molecule has 0 bridgehead atoms. The number of nitrogens with one attached hydrogen (secondary N) is 1. The van der Waals surface area contributed by atoms with Crippen molar-refractivity contribution in [3.8, 4) is 0 Å². The Balaban J connectivity index is 2.43. The van der Waals surface area contributed by atoms with Gasteiger partial charge in [-0.2, -0.15) is 0 Å². The van der Waals surface area contributed by atoms with Crippen LogP contribution < -0.4 is 5.32 Å². The molecule has 0 aliphatic carbocycles. The van der Waals surface area contributed by atoms with Crippen LogP contribution in [0.5, 0.6) is 0 Å². The van der Waals surface area contributed by atoms with Crippen molar-refractivity contribution < 1.29 is 4.39 Å². The molecule has 2 rings (SSSR count). The SMILES string of the molecule is C=CC1=C(C(C)F)Nc2ccc(C)cc2C1. The van der Waals surface area contributed by atoms with Crippen molar-refractivity contribution in [3.63, 3.8) is 0 Å². The molecule has 1 aliphatic rings. The van der Waals surface area contributed by atoms with Crippen LogP contribution in [0, 0.1) is 6.92 Å². The summed E-state index contributed by atoms with van der Waals surface area (Å²) in [5.41, 5.74) is 5.04. The van der Waals surface area contributed by atoms with E-state index >= 15 is 0 Å². The molecule has 0 amide bonds. The molecule has 0 saturated heterocycles. The maximum atomic E-state index is 13.4. The van der Waals surface area contributed by atoms with Crippen molar-refractivity contribution in [2.24, 2.45) is 0 Å². The van der Waals surface area contributed by atoms with Gasteiger partial charge in [-0.15, -0.1) is 0 Å². The minimum atomic E-state index is -0.984. The molecule has 0 aromatic heterocycles. The third-order valence-electron chi connectivity index (χ3n) is 2.90. The van der Waals surface area contributed by atoms with Crippen LogP contribution in [0.1, 0.15) is 18.1 Å². The van der Waals surface area contributed by atoms with Gasteiger partial charge in [-0.25, -0.2) is 4.39 Å². The van der Waals surface area contributed by atoms with E-state index in [0.29, 0.717) is 5.70 Å². The second-order valence-corrected chi connectivity index (χ2v) is 4.22. The molecule has 84 valence electrons. The van der Waals surface area contributed by atoms with Gasteiger partial charge in [-0.05, 0) is 31.1 Å². The predicted molar refractivity (Wildman–Crippen MR) is 66.3 cm³/mol. The van der Waals surface area contributed by atoms with Gasteiger partial charge in [-0.3, -0.25) is 0 Å². The van der Waals surface area contributed by atoms with E-state index in [2.05, 4.69) is 24.9 Å². The molecule has 0 radical (unpaired) electrons. The van der Waals surface area contributed by atoms with E-state index < -0.39 is 6.17 Å². The Labute approximate surface area is 95.7 Å². The number of benzene rings is 1. The molecule has 0 fully saturated rings. The van der Waals surface area contributed by atoms with Gasteiger partial charge in [0.15, 0.2) is 0 Å². The fourth-order valence-electron chi connectivity index (χ4n) is 2.05. The number of fused-ring (bicyclic) bond motifs is 1. The minimum absolute atomic E-state index is 0.645. The number of rotatable bonds is 2. The van der Waals surface area contributed by atoms with Gasteiger partial charge in [0.05, 0.1) is 5.70 Å². The number of alkyl halides is 1. The first-order chi connectivity index (χ1) is 7.61. The molecule has 1 aromatic carbocycles. The van der Waals surface area contributed by atoms with Gasteiger partial charge in [-0.1, -0.05) is 30.4 Å². The third-order valence-corrected chi connectivity index (χ3v) is 2.90. The number of aryl methyl sites for hydroxylation is 1. The lowest BCUT2D eigenvalue weighted by atomic mass is 9.95. The molecule has 1 aromatic rings. The number of halogens is 1. The lowest BCUT2D eigenvalue weighted by Crippen LogP contribution is -2.18. The zero-order chi connectivity index (χ0) is 11.7. The van der Waals surface area contributed by atoms with Crippen LogP contribution in [-0.4, -0.2) is 6.17 Å². The Hall–Kier alpha value is -1.57. The van der Waals surface area contributed by atoms with Crippen molar-refractivity contribution in [3.05, 3.63) is 53.3 Å². The molecular formula is C14H16FN. The van der Waals surface area contributed by atoms with E-state index in [4.69, 9.17) is 0 Å². The Bertz CT molecular complexity index is 458. The Morgan fingerprint density at radius 2 is 2.25 bits per heavy atom. The molecule has 1 N–H and O–H groups in total. The predicted octanol–water partition coefficient (Wildman–Crippen LogP) is 3.76. The summed E-state index contributed by atoms with van der Waals surface area (Å²) >= 11 is 0. The van der Waals surface area contributed by atoms with Crippen molar-refractivity contribution in [2.45, 2.75) is 26.4 Å². The van der Waals surface area contributed by atoms with E-state index in [1.165, 1.54) is 11.1 Å². The van der Waals surface area contributed by atoms with Gasteiger partial charge >= 0.3 is 0 Å². The molecule has 1 unspecified atom stereocenters. The highest BCUT2D eigenvalue weighted by atomic mass is 19.1. The summed E-state index contributed by atoms with van der Waals surface area (Å²) in [5.74, 6) is 0. The minimum Gasteiger partial charge on any atom is -0.356 e. The third kappa shape index (κ3) is 1.87. The molecule has 16 heavy (non-hydrogen) atoms. The molecule has 1 aliphatic heterocycles. The van der Waals surface area contributed by atoms with Crippen LogP contribution in [0.4, 0.5) is 10.1 Å². The Morgan fingerprint density at radius 3 is 2.88 bits per heavy atom. The van der Waals surface area contributed by atoms with Gasteiger partial charge in [0, 0.05) is 12.1 Å². The second-order valence-electron chi connectivity index (χ2n) is 4.22. The normalized spacial score (nSPS) is 16.4. The molecule has 1 atom stereocenters. The molecular weight excluding hydrogens is 201 g/mol. The van der Waals surface area contributed by atoms with E-state index in [1.54, 1.807) is 13.0 Å². The topological polar surface area (TPSA) is 12.0 Å². The monoisotopic (exact) mass is 217 g/mol. The fraction of sp³-hybridized carbons (Fsp3) is 0.286. The zero-order valence-electron chi connectivity index (χ0n) is 9.68. The second kappa shape index (κ2) is 4.12. The van der Waals surface area contributed by atoms with Crippen molar-refractivity contribution in [2.75, 3.05) is 5.32 Å². The van der Waals surface area contributed by atoms with Crippen LogP contribution in [0.3, 0.4) is 0 Å². The average Bonchev–Trinajstić information content (AvgIpc) is 2.26. The van der Waals surface area contributed by atoms with Crippen molar-refractivity contribution in [1.29, 1.82) is 0 Å². The summed E-state index contributed by atoms with van der Waals surface area (Å²) in [6.07, 6.45) is 1.52. The number of anilines is 1. The maximum absolute atomic E-state index is 13.4. The number of hydrogen-bond donors (Lipinski definition) is 1. The molecule has 1 nitrogen and oxygen atoms in total. The number of hydrogen-bond acceptors (Lipinski definition) is 1. The quantitative estimate of drug-likeness (QED) is 0.795. The lowest BCUT2D eigenvalue weighted by Gasteiger charge is -2.24. The Kier molecular flexibility index (Phi) is 2.82. The van der Waals surface area contributed by atoms with Gasteiger partial charge in [0.2, 0.25) is 0 Å².